The number of nitrogens with zero attached hydrogens (tertiary/aromatic N) is 2. The van der Waals surface area contributed by atoms with Crippen LogP contribution >= 0.6 is 0 Å². The number of carbonyl (C=O) groups excluding carboxylic acids is 2. The van der Waals surface area contributed by atoms with Gasteiger partial charge in [0.25, 0.3) is 5.91 Å². The first kappa shape index (κ1) is 27.4. The Kier molecular flexibility index (Phi) is 7.88. The zero-order valence-corrected chi connectivity index (χ0v) is 23.4. The highest BCUT2D eigenvalue weighted by atomic mass is 16.5. The maximum absolute atomic E-state index is 13.6. The molecule has 1 aromatic carbocycles. The van der Waals surface area contributed by atoms with Crippen molar-refractivity contribution in [1.82, 2.24) is 4.90 Å². The normalized spacial score (nSPS) is 24.2. The summed E-state index contributed by atoms with van der Waals surface area (Å²) in [5.74, 6) is 0.382. The number of rotatable bonds is 6. The third-order valence-electron chi connectivity index (χ3n) is 7.72. The Hall–Kier alpha value is -2.17. The van der Waals surface area contributed by atoms with E-state index in [4.69, 9.17) is 9.73 Å². The molecule has 1 fully saturated rings. The van der Waals surface area contributed by atoms with Gasteiger partial charge in [0.05, 0.1) is 23.4 Å². The Morgan fingerprint density at radius 2 is 1.66 bits per heavy atom. The van der Waals surface area contributed by atoms with E-state index in [2.05, 4.69) is 46.4 Å². The number of esters is 1. The van der Waals surface area contributed by atoms with Crippen molar-refractivity contribution < 1.29 is 14.3 Å². The first-order valence-electron chi connectivity index (χ1n) is 13.3. The molecule has 1 atom stereocenters. The van der Waals surface area contributed by atoms with Crippen LogP contribution in [0.5, 0.6) is 0 Å². The summed E-state index contributed by atoms with van der Waals surface area (Å²) in [4.78, 5) is 33.2. The fourth-order valence-electron chi connectivity index (χ4n) is 5.65. The van der Waals surface area contributed by atoms with Gasteiger partial charge in [0, 0.05) is 0 Å². The zero-order valence-electron chi connectivity index (χ0n) is 23.4. The lowest BCUT2D eigenvalue weighted by Crippen LogP contribution is -2.51. The highest BCUT2D eigenvalue weighted by Crippen LogP contribution is 2.49. The van der Waals surface area contributed by atoms with Gasteiger partial charge >= 0.3 is 5.97 Å². The second-order valence-corrected chi connectivity index (χ2v) is 13.2. The molecular formula is C30H46N2O3. The number of aliphatic imine (C=N–C) groups is 1. The van der Waals surface area contributed by atoms with E-state index in [0.29, 0.717) is 17.2 Å². The van der Waals surface area contributed by atoms with Crippen molar-refractivity contribution in [2.75, 3.05) is 0 Å². The summed E-state index contributed by atoms with van der Waals surface area (Å²) in [7, 11) is 0. The van der Waals surface area contributed by atoms with Gasteiger partial charge < -0.3 is 9.64 Å². The maximum atomic E-state index is 13.6. The molecule has 0 radical (unpaired) electrons. The minimum absolute atomic E-state index is 0.0569. The lowest BCUT2D eigenvalue weighted by Gasteiger charge is -2.48. The van der Waals surface area contributed by atoms with E-state index >= 15 is 0 Å². The predicted molar refractivity (Wildman–Crippen MR) is 143 cm³/mol. The quantitative estimate of drug-likeness (QED) is 0.398. The molecule has 5 nitrogen and oxygen atoms in total. The molecule has 1 heterocycles. The molecule has 1 aromatic rings. The highest BCUT2D eigenvalue weighted by molar-refractivity contribution is 6.39. The third-order valence-corrected chi connectivity index (χ3v) is 7.72. The molecule has 0 saturated heterocycles. The van der Waals surface area contributed by atoms with Crippen LogP contribution in [0.2, 0.25) is 0 Å². The van der Waals surface area contributed by atoms with Gasteiger partial charge in [-0.15, -0.1) is 0 Å². The number of carbonyl (C=O) groups is 2. The Morgan fingerprint density at radius 1 is 1.09 bits per heavy atom. The average Bonchev–Trinajstić information content (AvgIpc) is 2.97. The summed E-state index contributed by atoms with van der Waals surface area (Å²) in [6, 6.07) is 7.59. The lowest BCUT2D eigenvalue weighted by atomic mass is 9.69. The zero-order chi connectivity index (χ0) is 26.2. The van der Waals surface area contributed by atoms with Crippen molar-refractivity contribution in [2.24, 2.45) is 21.7 Å². The van der Waals surface area contributed by atoms with Crippen LogP contribution in [0, 0.1) is 16.7 Å². The van der Waals surface area contributed by atoms with Gasteiger partial charge in [0.2, 0.25) is 0 Å². The average molecular weight is 483 g/mol. The first-order chi connectivity index (χ1) is 16.1. The van der Waals surface area contributed by atoms with Crippen molar-refractivity contribution in [2.45, 2.75) is 119 Å². The maximum Gasteiger partial charge on any atom is 0.338 e. The second-order valence-electron chi connectivity index (χ2n) is 13.2. The van der Waals surface area contributed by atoms with E-state index < -0.39 is 5.66 Å². The molecule has 0 bridgehead atoms. The number of ether oxygens (including phenoxy) is 1. The summed E-state index contributed by atoms with van der Waals surface area (Å²) in [5, 5.41) is 0. The first-order valence-corrected chi connectivity index (χ1v) is 13.3. The molecule has 1 unspecified atom stereocenters. The summed E-state index contributed by atoms with van der Waals surface area (Å²) in [6.45, 7) is 19.3. The van der Waals surface area contributed by atoms with Crippen LogP contribution in [0.25, 0.3) is 0 Å². The monoisotopic (exact) mass is 482 g/mol. The molecule has 1 aliphatic carbocycles. The molecule has 3 rings (SSSR count). The summed E-state index contributed by atoms with van der Waals surface area (Å²) in [6.07, 6.45) is 5.65. The van der Waals surface area contributed by atoms with Crippen LogP contribution in [0.15, 0.2) is 29.3 Å². The third kappa shape index (κ3) is 6.34. The van der Waals surface area contributed by atoms with E-state index in [1.807, 2.05) is 45.0 Å². The smallest absolute Gasteiger partial charge is 0.338 e. The van der Waals surface area contributed by atoms with E-state index in [0.717, 1.165) is 44.1 Å². The van der Waals surface area contributed by atoms with Crippen molar-refractivity contribution in [1.29, 1.82) is 0 Å². The number of hydrogen-bond donors (Lipinski definition) is 0. The molecule has 1 saturated carbocycles. The van der Waals surface area contributed by atoms with Gasteiger partial charge in [-0.2, -0.15) is 0 Å². The Balaban J connectivity index is 1.95. The van der Waals surface area contributed by atoms with Gasteiger partial charge in [0.15, 0.2) is 0 Å². The van der Waals surface area contributed by atoms with E-state index in [-0.39, 0.29) is 34.9 Å². The molecule has 1 amide bonds. The fourth-order valence-corrected chi connectivity index (χ4v) is 5.65. The number of benzene rings is 1. The van der Waals surface area contributed by atoms with Crippen LogP contribution < -0.4 is 0 Å². The summed E-state index contributed by atoms with van der Waals surface area (Å²) < 4.78 is 5.37. The standard InChI is InChI=1S/C30H46N2O3/c1-20(2)35-27(34)23-12-10-22(11-13-23)25(16-17-28(4,5)6)32-26(33)21(3)31-30(32)18-14-24(15-19-30)29(7,8)9/h10-13,20,24-25H,14-19H2,1-9H3. The topological polar surface area (TPSA) is 59.0 Å². The van der Waals surface area contributed by atoms with E-state index in [1.165, 1.54) is 0 Å². The molecular weight excluding hydrogens is 436 g/mol. The van der Waals surface area contributed by atoms with Gasteiger partial charge in [-0.05, 0) is 93.7 Å². The molecule has 1 aliphatic heterocycles. The molecule has 5 heteroatoms. The molecule has 194 valence electrons. The highest BCUT2D eigenvalue weighted by Gasteiger charge is 2.51. The van der Waals surface area contributed by atoms with Crippen molar-refractivity contribution >= 4 is 17.6 Å². The van der Waals surface area contributed by atoms with Crippen molar-refractivity contribution in [3.8, 4) is 0 Å². The molecule has 0 N–H and O–H groups in total. The second kappa shape index (κ2) is 10.1. The Labute approximate surface area is 212 Å². The number of amides is 1. The van der Waals surface area contributed by atoms with Gasteiger partial charge in [-0.3, -0.25) is 9.79 Å². The molecule has 2 aliphatic rings. The van der Waals surface area contributed by atoms with Gasteiger partial charge in [-0.25, -0.2) is 4.79 Å². The SMILES string of the molecule is CC1=NC2(CCC(C(C)(C)C)CC2)N(C(CCC(C)(C)C)c2ccc(C(=O)OC(C)C)cc2)C1=O. The minimum atomic E-state index is -0.458. The van der Waals surface area contributed by atoms with Crippen LogP contribution in [0.1, 0.15) is 123 Å². The van der Waals surface area contributed by atoms with Crippen molar-refractivity contribution in [3.05, 3.63) is 35.4 Å². The van der Waals surface area contributed by atoms with Crippen LogP contribution in [-0.2, 0) is 9.53 Å². The molecule has 35 heavy (non-hydrogen) atoms. The summed E-state index contributed by atoms with van der Waals surface area (Å²) in [5.41, 5.74) is 2.18. The van der Waals surface area contributed by atoms with Gasteiger partial charge in [0.1, 0.15) is 5.66 Å². The van der Waals surface area contributed by atoms with Crippen molar-refractivity contribution in [3.63, 3.8) is 0 Å². The van der Waals surface area contributed by atoms with Gasteiger partial charge in [-0.1, -0.05) is 53.7 Å². The fraction of sp³-hybridized carbons (Fsp3) is 0.700. The predicted octanol–water partition coefficient (Wildman–Crippen LogP) is 7.35. The Bertz CT molecular complexity index is 939. The number of hydrogen-bond acceptors (Lipinski definition) is 4. The largest absolute Gasteiger partial charge is 0.459 e. The summed E-state index contributed by atoms with van der Waals surface area (Å²) >= 11 is 0. The molecule has 0 aromatic heterocycles. The minimum Gasteiger partial charge on any atom is -0.459 e. The van der Waals surface area contributed by atoms with Crippen LogP contribution in [0.3, 0.4) is 0 Å². The van der Waals surface area contributed by atoms with Crippen LogP contribution in [0.4, 0.5) is 0 Å². The van der Waals surface area contributed by atoms with Crippen LogP contribution in [-0.4, -0.2) is 34.3 Å². The van der Waals surface area contributed by atoms with E-state index in [1.54, 1.807) is 0 Å². The van der Waals surface area contributed by atoms with E-state index in [9.17, 15) is 9.59 Å². The Morgan fingerprint density at radius 3 is 2.14 bits per heavy atom. The lowest BCUT2D eigenvalue weighted by molar-refractivity contribution is -0.134. The molecule has 1 spiro atoms.